The molecule has 7 heteroatoms. The van der Waals surface area contributed by atoms with Crippen LogP contribution in [0.1, 0.15) is 29.8 Å². The molecule has 0 bridgehead atoms. The van der Waals surface area contributed by atoms with E-state index in [9.17, 15) is 9.59 Å². The van der Waals surface area contributed by atoms with Crippen molar-refractivity contribution in [2.75, 3.05) is 0 Å². The number of hydrogen-bond donors (Lipinski definition) is 0. The normalized spacial score (nSPS) is 10.6. The summed E-state index contributed by atoms with van der Waals surface area (Å²) in [7, 11) is 0. The molecule has 0 fully saturated rings. The Kier molecular flexibility index (Phi) is 5.29. The SMILES string of the molecule is CC(C)OC(=O)c1c(Cl)c(Cl)c(Cl)c(Cl)c1[C]=O. The van der Waals surface area contributed by atoms with Gasteiger partial charge in [-0.1, -0.05) is 46.4 Å². The van der Waals surface area contributed by atoms with Gasteiger partial charge in [0, 0.05) is 0 Å². The number of halogens is 4. The first-order valence-electron chi connectivity index (χ1n) is 4.76. The molecule has 0 aliphatic carbocycles. The molecule has 0 unspecified atom stereocenters. The van der Waals surface area contributed by atoms with E-state index >= 15 is 0 Å². The zero-order valence-corrected chi connectivity index (χ0v) is 12.3. The van der Waals surface area contributed by atoms with Gasteiger partial charge in [-0.2, -0.15) is 0 Å². The zero-order chi connectivity index (χ0) is 14.0. The van der Waals surface area contributed by atoms with Crippen LogP contribution in [-0.4, -0.2) is 18.4 Å². The largest absolute Gasteiger partial charge is 0.459 e. The van der Waals surface area contributed by atoms with Crippen LogP contribution < -0.4 is 0 Å². The highest BCUT2D eigenvalue weighted by atomic mass is 35.5. The van der Waals surface area contributed by atoms with Gasteiger partial charge in [0.15, 0.2) is 0 Å². The smallest absolute Gasteiger partial charge is 0.340 e. The van der Waals surface area contributed by atoms with Gasteiger partial charge in [-0.3, -0.25) is 4.79 Å². The standard InChI is InChI=1S/C11H7Cl4O3/c1-4(2)18-11(17)6-5(3-16)7(12)9(14)10(15)8(6)13/h4H,1-2H3. The minimum atomic E-state index is -0.811. The summed E-state index contributed by atoms with van der Waals surface area (Å²) in [5.41, 5.74) is -0.499. The van der Waals surface area contributed by atoms with Crippen molar-refractivity contribution in [3.8, 4) is 0 Å². The fourth-order valence-electron chi connectivity index (χ4n) is 1.19. The van der Waals surface area contributed by atoms with Crippen molar-refractivity contribution < 1.29 is 14.3 Å². The fourth-order valence-corrected chi connectivity index (χ4v) is 2.16. The van der Waals surface area contributed by atoms with E-state index in [4.69, 9.17) is 51.1 Å². The van der Waals surface area contributed by atoms with Crippen molar-refractivity contribution >= 4 is 58.7 Å². The molecule has 0 saturated carbocycles. The molecule has 0 aliphatic heterocycles. The second kappa shape index (κ2) is 6.11. The topological polar surface area (TPSA) is 43.4 Å². The Morgan fingerprint density at radius 2 is 1.56 bits per heavy atom. The molecule has 1 rings (SSSR count). The Labute approximate surface area is 124 Å². The Bertz CT molecular complexity index is 512. The van der Waals surface area contributed by atoms with Crippen LogP contribution in [0.2, 0.25) is 20.1 Å². The highest BCUT2D eigenvalue weighted by molar-refractivity contribution is 6.53. The summed E-state index contributed by atoms with van der Waals surface area (Å²) >= 11 is 23.3. The summed E-state index contributed by atoms with van der Waals surface area (Å²) in [5, 5.41) is -0.590. The zero-order valence-electron chi connectivity index (χ0n) is 9.31. The molecule has 0 aromatic heterocycles. The molecule has 0 N–H and O–H groups in total. The summed E-state index contributed by atoms with van der Waals surface area (Å²) in [6.07, 6.45) is 1.13. The van der Waals surface area contributed by atoms with Crippen molar-refractivity contribution in [3.63, 3.8) is 0 Å². The van der Waals surface area contributed by atoms with Crippen molar-refractivity contribution in [2.24, 2.45) is 0 Å². The van der Waals surface area contributed by atoms with Gasteiger partial charge >= 0.3 is 5.97 Å². The van der Waals surface area contributed by atoms with Crippen molar-refractivity contribution in [1.29, 1.82) is 0 Å². The van der Waals surface area contributed by atoms with Crippen LogP contribution in [0.4, 0.5) is 0 Å². The first-order valence-corrected chi connectivity index (χ1v) is 6.27. The number of hydrogen-bond acceptors (Lipinski definition) is 3. The molecule has 0 amide bonds. The minimum Gasteiger partial charge on any atom is -0.459 e. The second-order valence-corrected chi connectivity index (χ2v) is 5.07. The van der Waals surface area contributed by atoms with Crippen LogP contribution in [0.15, 0.2) is 0 Å². The lowest BCUT2D eigenvalue weighted by molar-refractivity contribution is 0.0378. The van der Waals surface area contributed by atoms with E-state index in [1.807, 2.05) is 0 Å². The van der Waals surface area contributed by atoms with Gasteiger partial charge in [0.05, 0.1) is 37.3 Å². The average molecular weight is 329 g/mol. The predicted octanol–water partition coefficient (Wildman–Crippen LogP) is 4.32. The predicted molar refractivity (Wildman–Crippen MR) is 71.8 cm³/mol. The van der Waals surface area contributed by atoms with Gasteiger partial charge < -0.3 is 4.74 Å². The first-order chi connectivity index (χ1) is 8.31. The molecule has 0 saturated heterocycles. The van der Waals surface area contributed by atoms with Gasteiger partial charge in [-0.05, 0) is 13.8 Å². The van der Waals surface area contributed by atoms with E-state index in [-0.39, 0.29) is 37.3 Å². The molecule has 3 nitrogen and oxygen atoms in total. The molecular formula is C11H7Cl4O3. The lowest BCUT2D eigenvalue weighted by Gasteiger charge is -2.13. The number of rotatable bonds is 3. The Morgan fingerprint density at radius 1 is 1.06 bits per heavy atom. The molecule has 1 aromatic carbocycles. The molecule has 18 heavy (non-hydrogen) atoms. The number of carbonyl (C=O) groups is 1. The third-order valence-corrected chi connectivity index (χ3v) is 3.72. The average Bonchev–Trinajstić information content (AvgIpc) is 2.29. The highest BCUT2D eigenvalue weighted by Crippen LogP contribution is 2.41. The lowest BCUT2D eigenvalue weighted by atomic mass is 10.1. The molecule has 1 radical (unpaired) electrons. The van der Waals surface area contributed by atoms with Crippen LogP contribution in [0.5, 0.6) is 0 Å². The fraction of sp³-hybridized carbons (Fsp3) is 0.273. The van der Waals surface area contributed by atoms with Crippen molar-refractivity contribution in [3.05, 3.63) is 31.2 Å². The molecule has 1 aromatic rings. The van der Waals surface area contributed by atoms with E-state index in [1.165, 1.54) is 6.29 Å². The molecule has 0 atom stereocenters. The monoisotopic (exact) mass is 327 g/mol. The minimum absolute atomic E-state index is 0.109. The van der Waals surface area contributed by atoms with E-state index in [1.54, 1.807) is 13.8 Å². The van der Waals surface area contributed by atoms with Crippen LogP contribution in [0, 0.1) is 0 Å². The third kappa shape index (κ3) is 2.91. The van der Waals surface area contributed by atoms with Gasteiger partial charge in [0.2, 0.25) is 6.29 Å². The van der Waals surface area contributed by atoms with E-state index in [0.29, 0.717) is 0 Å². The quantitative estimate of drug-likeness (QED) is 0.471. The summed E-state index contributed by atoms with van der Waals surface area (Å²) < 4.78 is 4.95. The van der Waals surface area contributed by atoms with Crippen LogP contribution in [-0.2, 0) is 9.53 Å². The molecule has 0 spiro atoms. The Balaban J connectivity index is 3.52. The Hall–Kier alpha value is -0.480. The van der Waals surface area contributed by atoms with E-state index in [0.717, 1.165) is 0 Å². The first kappa shape index (κ1) is 15.6. The Morgan fingerprint density at radius 3 is 2.00 bits per heavy atom. The molecular weight excluding hydrogens is 322 g/mol. The van der Waals surface area contributed by atoms with Crippen LogP contribution >= 0.6 is 46.4 Å². The summed E-state index contributed by atoms with van der Waals surface area (Å²) in [6, 6.07) is 0. The van der Waals surface area contributed by atoms with Crippen LogP contribution in [0.3, 0.4) is 0 Å². The summed E-state index contributed by atoms with van der Waals surface area (Å²) in [4.78, 5) is 22.7. The van der Waals surface area contributed by atoms with Gasteiger partial charge in [-0.25, -0.2) is 4.79 Å². The number of benzene rings is 1. The van der Waals surface area contributed by atoms with Gasteiger partial charge in [-0.15, -0.1) is 0 Å². The van der Waals surface area contributed by atoms with Gasteiger partial charge in [0.25, 0.3) is 0 Å². The number of ether oxygens (including phenoxy) is 1. The molecule has 0 heterocycles. The third-order valence-electron chi connectivity index (χ3n) is 1.92. The number of esters is 1. The highest BCUT2D eigenvalue weighted by Gasteiger charge is 2.26. The van der Waals surface area contributed by atoms with Crippen molar-refractivity contribution in [1.82, 2.24) is 0 Å². The molecule has 97 valence electrons. The van der Waals surface area contributed by atoms with Gasteiger partial charge in [0.1, 0.15) is 0 Å². The maximum absolute atomic E-state index is 11.8. The second-order valence-electron chi connectivity index (χ2n) is 3.56. The summed E-state index contributed by atoms with van der Waals surface area (Å²) in [6.45, 7) is 3.30. The maximum Gasteiger partial charge on any atom is 0.340 e. The maximum atomic E-state index is 11.8. The summed E-state index contributed by atoms with van der Waals surface area (Å²) in [5.74, 6) is -0.811. The van der Waals surface area contributed by atoms with Crippen LogP contribution in [0.25, 0.3) is 0 Å². The van der Waals surface area contributed by atoms with Crippen molar-refractivity contribution in [2.45, 2.75) is 20.0 Å². The van der Waals surface area contributed by atoms with E-state index in [2.05, 4.69) is 0 Å². The van der Waals surface area contributed by atoms with E-state index < -0.39 is 5.97 Å². The molecule has 0 aliphatic rings. The lowest BCUT2D eigenvalue weighted by Crippen LogP contribution is -2.15. The number of carbonyl (C=O) groups excluding carboxylic acids is 2.